The SMILES string of the molecule is Cc1ncsc1-c1ccc(CNC(=O)[C@@H]2C[C@@H](O)CN2C(=O)[C@@H](NC(=O)CCCCCC(=O)Nc2cccc3c2C(=O)N(C2CCC(=O)NC2=O)C3=O)C(C)(C)C)cc1. The van der Waals surface area contributed by atoms with E-state index in [0.29, 0.717) is 19.3 Å². The van der Waals surface area contributed by atoms with Gasteiger partial charge in [0.15, 0.2) is 0 Å². The molecule has 0 aliphatic carbocycles. The number of carbonyl (C=O) groups is 8. The fourth-order valence-electron chi connectivity index (χ4n) is 7.59. The molecule has 0 spiro atoms. The molecule has 16 nitrogen and oxygen atoms in total. The van der Waals surface area contributed by atoms with Crippen LogP contribution in [0.2, 0.25) is 0 Å². The molecule has 2 aromatic carbocycles. The van der Waals surface area contributed by atoms with E-state index in [1.54, 1.807) is 16.8 Å². The number of aryl methyl sites for hydroxylation is 1. The van der Waals surface area contributed by atoms with E-state index in [1.807, 2.05) is 52.0 Å². The van der Waals surface area contributed by atoms with Crippen molar-refractivity contribution in [3.05, 3.63) is 70.4 Å². The highest BCUT2D eigenvalue weighted by molar-refractivity contribution is 7.13. The van der Waals surface area contributed by atoms with Gasteiger partial charge in [0.1, 0.15) is 18.1 Å². The number of thiazole rings is 1. The first-order valence-electron chi connectivity index (χ1n) is 19.7. The largest absolute Gasteiger partial charge is 0.391 e. The number of fused-ring (bicyclic) bond motifs is 1. The lowest BCUT2D eigenvalue weighted by Crippen LogP contribution is -2.57. The molecule has 59 heavy (non-hydrogen) atoms. The molecule has 312 valence electrons. The zero-order chi connectivity index (χ0) is 42.6. The van der Waals surface area contributed by atoms with Crippen molar-refractivity contribution in [2.45, 2.75) is 110 Å². The normalized spacial score (nSPS) is 19.6. The van der Waals surface area contributed by atoms with Gasteiger partial charge in [-0.1, -0.05) is 57.5 Å². The standard InChI is InChI=1S/C42H49N7O9S/c1-23-35(59-22-44-23)25-15-13-24(14-16-25)20-43-37(54)30-19-26(50)21-48(30)41(58)36(42(2,3)4)46-32(52)12-7-5-6-11-31(51)45-28-10-8-9-27-34(28)40(57)49(39(27)56)29-17-18-33(53)47-38(29)55/h8-10,13-16,22,26,29-30,36,50H,5-7,11-12,17-21H2,1-4H3,(H,43,54)(H,45,51)(H,46,52)(H,47,53,55)/t26-,29?,30+,36-/m1/s1. The summed E-state index contributed by atoms with van der Waals surface area (Å²) in [5, 5.41) is 21.1. The van der Waals surface area contributed by atoms with Crippen molar-refractivity contribution < 1.29 is 43.5 Å². The van der Waals surface area contributed by atoms with Crippen LogP contribution in [0.4, 0.5) is 5.69 Å². The maximum absolute atomic E-state index is 14.0. The summed E-state index contributed by atoms with van der Waals surface area (Å²) in [7, 11) is 0. The van der Waals surface area contributed by atoms with Crippen LogP contribution in [-0.2, 0) is 35.3 Å². The van der Waals surface area contributed by atoms with Crippen LogP contribution in [0, 0.1) is 12.3 Å². The third-order valence-electron chi connectivity index (χ3n) is 10.8. The number of hydrogen-bond acceptors (Lipinski definition) is 11. The number of anilines is 1. The molecule has 1 unspecified atom stereocenters. The molecule has 4 heterocycles. The van der Waals surface area contributed by atoms with Gasteiger partial charge < -0.3 is 26.0 Å². The van der Waals surface area contributed by atoms with Gasteiger partial charge in [-0.15, -0.1) is 11.3 Å². The second-order valence-electron chi connectivity index (χ2n) is 16.2. The smallest absolute Gasteiger partial charge is 0.264 e. The number of piperidine rings is 1. The van der Waals surface area contributed by atoms with Gasteiger partial charge in [-0.3, -0.25) is 48.6 Å². The average Bonchev–Trinajstić information content (AvgIpc) is 3.87. The second kappa shape index (κ2) is 18.0. The van der Waals surface area contributed by atoms with Gasteiger partial charge in [0.25, 0.3) is 11.8 Å². The minimum absolute atomic E-state index is 0.0109. The summed E-state index contributed by atoms with van der Waals surface area (Å²) in [4.78, 5) is 111. The van der Waals surface area contributed by atoms with Crippen molar-refractivity contribution in [1.82, 2.24) is 30.7 Å². The molecule has 8 amide bonds. The third kappa shape index (κ3) is 9.74. The van der Waals surface area contributed by atoms with E-state index < -0.39 is 71.0 Å². The van der Waals surface area contributed by atoms with Gasteiger partial charge >= 0.3 is 0 Å². The predicted molar refractivity (Wildman–Crippen MR) is 216 cm³/mol. The van der Waals surface area contributed by atoms with Gasteiger partial charge in [-0.05, 0) is 54.9 Å². The van der Waals surface area contributed by atoms with Gasteiger partial charge in [-0.25, -0.2) is 4.98 Å². The highest BCUT2D eigenvalue weighted by atomic mass is 32.1. The highest BCUT2D eigenvalue weighted by Crippen LogP contribution is 2.33. The molecule has 17 heteroatoms. The number of aliphatic hydroxyl groups is 1. The summed E-state index contributed by atoms with van der Waals surface area (Å²) in [6.45, 7) is 7.57. The summed E-state index contributed by atoms with van der Waals surface area (Å²) in [5.74, 6) is -4.25. The molecular weight excluding hydrogens is 779 g/mol. The molecule has 0 bridgehead atoms. The summed E-state index contributed by atoms with van der Waals surface area (Å²) in [6.07, 6.45) is 0.626. The Labute approximate surface area is 345 Å². The van der Waals surface area contributed by atoms with Crippen LogP contribution in [0.25, 0.3) is 10.4 Å². The topological polar surface area (TPSA) is 224 Å². The molecule has 5 N–H and O–H groups in total. The number of aromatic nitrogens is 1. The van der Waals surface area contributed by atoms with Crippen LogP contribution in [-0.4, -0.2) is 97.9 Å². The fourth-order valence-corrected chi connectivity index (χ4v) is 8.40. The second-order valence-corrected chi connectivity index (χ2v) is 17.1. The van der Waals surface area contributed by atoms with E-state index in [4.69, 9.17) is 0 Å². The van der Waals surface area contributed by atoms with Crippen LogP contribution in [0.1, 0.15) is 104 Å². The van der Waals surface area contributed by atoms with Crippen molar-refractivity contribution >= 4 is 64.3 Å². The lowest BCUT2D eigenvalue weighted by molar-refractivity contribution is -0.144. The van der Waals surface area contributed by atoms with Crippen LogP contribution in [0.15, 0.2) is 48.0 Å². The number of aliphatic hydroxyl groups excluding tert-OH is 1. The summed E-state index contributed by atoms with van der Waals surface area (Å²) >= 11 is 1.56. The predicted octanol–water partition coefficient (Wildman–Crippen LogP) is 3.22. The summed E-state index contributed by atoms with van der Waals surface area (Å²) in [6, 6.07) is 9.23. The van der Waals surface area contributed by atoms with E-state index in [9.17, 15) is 43.5 Å². The molecule has 0 saturated carbocycles. The third-order valence-corrected chi connectivity index (χ3v) is 11.7. The Bertz CT molecular complexity index is 2160. The van der Waals surface area contributed by atoms with Crippen molar-refractivity contribution in [2.24, 2.45) is 5.41 Å². The number of carbonyl (C=O) groups excluding carboxylic acids is 8. The Hall–Kier alpha value is -5.81. The van der Waals surface area contributed by atoms with Gasteiger partial charge in [0.2, 0.25) is 35.4 Å². The number of hydrogen-bond donors (Lipinski definition) is 5. The molecule has 2 fully saturated rings. The fraction of sp³-hybridized carbons (Fsp3) is 0.452. The first-order valence-corrected chi connectivity index (χ1v) is 20.6. The zero-order valence-electron chi connectivity index (χ0n) is 33.5. The first kappa shape index (κ1) is 42.8. The Morgan fingerprint density at radius 1 is 0.966 bits per heavy atom. The zero-order valence-corrected chi connectivity index (χ0v) is 34.3. The van der Waals surface area contributed by atoms with Gasteiger partial charge in [-0.2, -0.15) is 0 Å². The Kier molecular flexibility index (Phi) is 13.0. The van der Waals surface area contributed by atoms with Gasteiger partial charge in [0, 0.05) is 38.8 Å². The Morgan fingerprint density at radius 2 is 1.68 bits per heavy atom. The number of imide groups is 2. The number of unbranched alkanes of at least 4 members (excludes halogenated alkanes) is 2. The van der Waals surface area contributed by atoms with E-state index in [-0.39, 0.29) is 67.9 Å². The molecule has 3 aliphatic heterocycles. The van der Waals surface area contributed by atoms with E-state index in [0.717, 1.165) is 26.6 Å². The van der Waals surface area contributed by atoms with Gasteiger partial charge in [0.05, 0.1) is 39.0 Å². The Morgan fingerprint density at radius 3 is 2.34 bits per heavy atom. The van der Waals surface area contributed by atoms with E-state index >= 15 is 0 Å². The number of nitrogens with zero attached hydrogens (tertiary/aromatic N) is 3. The lowest BCUT2D eigenvalue weighted by atomic mass is 9.85. The number of amides is 8. The first-order chi connectivity index (χ1) is 28.0. The number of nitrogens with one attached hydrogen (secondary N) is 4. The number of rotatable bonds is 14. The van der Waals surface area contributed by atoms with Crippen molar-refractivity contribution in [3.8, 4) is 10.4 Å². The Balaban J connectivity index is 0.965. The average molecular weight is 828 g/mol. The molecule has 0 radical (unpaired) electrons. The van der Waals surface area contributed by atoms with Crippen LogP contribution in [0.3, 0.4) is 0 Å². The molecule has 4 atom stereocenters. The van der Waals surface area contributed by atoms with Crippen molar-refractivity contribution in [1.29, 1.82) is 0 Å². The summed E-state index contributed by atoms with van der Waals surface area (Å²) in [5.41, 5.74) is 4.09. The lowest BCUT2D eigenvalue weighted by Gasteiger charge is -2.35. The molecule has 3 aliphatic rings. The van der Waals surface area contributed by atoms with Crippen molar-refractivity contribution in [2.75, 3.05) is 11.9 Å². The quantitative estimate of drug-likeness (QED) is 0.118. The molecule has 1 aromatic heterocycles. The summed E-state index contributed by atoms with van der Waals surface area (Å²) < 4.78 is 0. The monoisotopic (exact) mass is 827 g/mol. The minimum atomic E-state index is -1.13. The molecular formula is C42H49N7O9S. The van der Waals surface area contributed by atoms with E-state index in [1.165, 1.54) is 23.1 Å². The number of likely N-dealkylation sites (tertiary alicyclic amines) is 1. The molecule has 2 saturated heterocycles. The highest BCUT2D eigenvalue weighted by Gasteiger charge is 2.46. The minimum Gasteiger partial charge on any atom is -0.391 e. The maximum Gasteiger partial charge on any atom is 0.264 e. The molecule has 3 aromatic rings. The van der Waals surface area contributed by atoms with Crippen LogP contribution >= 0.6 is 11.3 Å². The van der Waals surface area contributed by atoms with E-state index in [2.05, 4.69) is 26.3 Å². The van der Waals surface area contributed by atoms with Crippen LogP contribution < -0.4 is 21.3 Å². The molecule has 6 rings (SSSR count). The van der Waals surface area contributed by atoms with Crippen LogP contribution in [0.5, 0.6) is 0 Å². The van der Waals surface area contributed by atoms with Crippen molar-refractivity contribution in [3.63, 3.8) is 0 Å². The maximum atomic E-state index is 14.0. The number of benzene rings is 2. The number of β-amino-alcohol motifs (C(OH)–C–C–N with tert-alkyl or cyclic N) is 1.